The minimum absolute atomic E-state index is 0.185. The van der Waals surface area contributed by atoms with E-state index in [-0.39, 0.29) is 12.1 Å². The van der Waals surface area contributed by atoms with Crippen molar-refractivity contribution >= 4 is 22.7 Å². The van der Waals surface area contributed by atoms with E-state index in [4.69, 9.17) is 4.74 Å². The van der Waals surface area contributed by atoms with Crippen LogP contribution in [0.4, 0.5) is 10.6 Å². The van der Waals surface area contributed by atoms with E-state index in [2.05, 4.69) is 22.4 Å². The molecular weight excluding hydrogens is 302 g/mol. The number of aromatic nitrogens is 1. The number of ether oxygens (including phenoxy) is 1. The van der Waals surface area contributed by atoms with Crippen LogP contribution in [0.15, 0.2) is 36.5 Å². The minimum Gasteiger partial charge on any atom is -0.444 e. The second kappa shape index (κ2) is 6.67. The molecule has 1 N–H and O–H groups in total. The van der Waals surface area contributed by atoms with Gasteiger partial charge in [0, 0.05) is 30.7 Å². The molecule has 0 bridgehead atoms. The van der Waals surface area contributed by atoms with Gasteiger partial charge in [-0.1, -0.05) is 24.3 Å². The average molecular weight is 327 g/mol. The van der Waals surface area contributed by atoms with Gasteiger partial charge in [0.2, 0.25) is 0 Å². The molecule has 1 aliphatic rings. The number of hydrogen-bond acceptors (Lipinski definition) is 4. The number of likely N-dealkylation sites (tertiary alicyclic amines) is 1. The quantitative estimate of drug-likeness (QED) is 0.904. The molecule has 2 aromatic rings. The highest BCUT2D eigenvalue weighted by atomic mass is 16.6. The van der Waals surface area contributed by atoms with Gasteiger partial charge in [-0.3, -0.25) is 0 Å². The number of piperidine rings is 1. The molecular formula is C19H25N3O2. The van der Waals surface area contributed by atoms with E-state index in [0.717, 1.165) is 36.0 Å². The highest BCUT2D eigenvalue weighted by Crippen LogP contribution is 2.23. The molecule has 0 saturated carbocycles. The van der Waals surface area contributed by atoms with Crippen molar-refractivity contribution in [1.82, 2.24) is 9.88 Å². The van der Waals surface area contributed by atoms with Crippen molar-refractivity contribution in [3.05, 3.63) is 36.5 Å². The SMILES string of the molecule is CC(C)(C)OC(=O)N1CCC[C@@H](Nc2nccc3ccccc23)C1. The number of anilines is 1. The van der Waals surface area contributed by atoms with Crippen LogP contribution in [0.25, 0.3) is 10.8 Å². The van der Waals surface area contributed by atoms with Crippen molar-refractivity contribution in [2.75, 3.05) is 18.4 Å². The smallest absolute Gasteiger partial charge is 0.410 e. The number of pyridine rings is 1. The number of hydrogen-bond donors (Lipinski definition) is 1. The number of amides is 1. The van der Waals surface area contributed by atoms with Gasteiger partial charge in [-0.2, -0.15) is 0 Å². The van der Waals surface area contributed by atoms with Gasteiger partial charge in [-0.15, -0.1) is 0 Å². The molecule has 5 heteroatoms. The maximum atomic E-state index is 12.3. The van der Waals surface area contributed by atoms with Gasteiger partial charge in [0.1, 0.15) is 11.4 Å². The van der Waals surface area contributed by atoms with Gasteiger partial charge in [0.25, 0.3) is 0 Å². The number of rotatable bonds is 2. The highest BCUT2D eigenvalue weighted by molar-refractivity contribution is 5.91. The molecule has 0 radical (unpaired) electrons. The molecule has 3 rings (SSSR count). The third-order valence-electron chi connectivity index (χ3n) is 4.09. The standard InChI is InChI=1S/C19H25N3O2/c1-19(2,3)24-18(23)22-12-6-8-15(13-22)21-17-16-9-5-4-7-14(16)10-11-20-17/h4-5,7,9-11,15H,6,8,12-13H2,1-3H3,(H,20,21)/t15-/m1/s1. The summed E-state index contributed by atoms with van der Waals surface area (Å²) in [6.45, 7) is 7.07. The van der Waals surface area contributed by atoms with Crippen LogP contribution in [-0.2, 0) is 4.74 Å². The van der Waals surface area contributed by atoms with Crippen LogP contribution in [0.5, 0.6) is 0 Å². The number of benzene rings is 1. The first kappa shape index (κ1) is 16.6. The Hall–Kier alpha value is -2.30. The largest absolute Gasteiger partial charge is 0.444 e. The van der Waals surface area contributed by atoms with Gasteiger partial charge in [0.15, 0.2) is 0 Å². The Morgan fingerprint density at radius 2 is 2.08 bits per heavy atom. The predicted molar refractivity (Wildman–Crippen MR) is 96.2 cm³/mol. The summed E-state index contributed by atoms with van der Waals surface area (Å²) < 4.78 is 5.49. The third kappa shape index (κ3) is 3.96. The molecule has 24 heavy (non-hydrogen) atoms. The summed E-state index contributed by atoms with van der Waals surface area (Å²) in [5.74, 6) is 0.879. The zero-order chi connectivity index (χ0) is 17.2. The zero-order valence-electron chi connectivity index (χ0n) is 14.6. The number of nitrogens with zero attached hydrogens (tertiary/aromatic N) is 2. The third-order valence-corrected chi connectivity index (χ3v) is 4.09. The molecule has 1 aliphatic heterocycles. The van der Waals surface area contributed by atoms with Crippen molar-refractivity contribution in [3.63, 3.8) is 0 Å². The highest BCUT2D eigenvalue weighted by Gasteiger charge is 2.27. The Bertz CT molecular complexity index is 719. The Morgan fingerprint density at radius 1 is 1.29 bits per heavy atom. The van der Waals surface area contributed by atoms with E-state index in [0.29, 0.717) is 6.54 Å². The summed E-state index contributed by atoms with van der Waals surface area (Å²) in [6.07, 6.45) is 3.56. The zero-order valence-corrected chi connectivity index (χ0v) is 14.6. The molecule has 1 fully saturated rings. The van der Waals surface area contributed by atoms with Gasteiger partial charge >= 0.3 is 6.09 Å². The number of fused-ring (bicyclic) bond motifs is 1. The van der Waals surface area contributed by atoms with Crippen molar-refractivity contribution in [2.24, 2.45) is 0 Å². The molecule has 0 aliphatic carbocycles. The summed E-state index contributed by atoms with van der Waals surface area (Å²) >= 11 is 0. The molecule has 1 atom stereocenters. The van der Waals surface area contributed by atoms with Crippen LogP contribution in [0, 0.1) is 0 Å². The first-order chi connectivity index (χ1) is 11.4. The van der Waals surface area contributed by atoms with Crippen molar-refractivity contribution in [3.8, 4) is 0 Å². The second-order valence-corrected chi connectivity index (χ2v) is 7.29. The van der Waals surface area contributed by atoms with Crippen LogP contribution in [0.2, 0.25) is 0 Å². The van der Waals surface area contributed by atoms with E-state index >= 15 is 0 Å². The summed E-state index contributed by atoms with van der Waals surface area (Å²) in [4.78, 5) is 18.6. The summed E-state index contributed by atoms with van der Waals surface area (Å²) in [5, 5.41) is 5.78. The maximum absolute atomic E-state index is 12.3. The number of nitrogens with one attached hydrogen (secondary N) is 1. The van der Waals surface area contributed by atoms with Crippen LogP contribution >= 0.6 is 0 Å². The molecule has 1 aromatic carbocycles. The van der Waals surface area contributed by atoms with Gasteiger partial charge in [-0.05, 0) is 45.1 Å². The fourth-order valence-electron chi connectivity index (χ4n) is 3.02. The Balaban J connectivity index is 1.70. The lowest BCUT2D eigenvalue weighted by Crippen LogP contribution is -2.47. The molecule has 1 saturated heterocycles. The van der Waals surface area contributed by atoms with Crippen molar-refractivity contribution in [1.29, 1.82) is 0 Å². The number of carbonyl (C=O) groups is 1. The lowest BCUT2D eigenvalue weighted by atomic mass is 10.1. The normalized spacial score (nSPS) is 18.5. The minimum atomic E-state index is -0.464. The van der Waals surface area contributed by atoms with Gasteiger partial charge in [0.05, 0.1) is 0 Å². The second-order valence-electron chi connectivity index (χ2n) is 7.29. The van der Waals surface area contributed by atoms with E-state index < -0.39 is 5.60 Å². The maximum Gasteiger partial charge on any atom is 0.410 e. The van der Waals surface area contributed by atoms with E-state index in [1.54, 1.807) is 4.90 Å². The lowest BCUT2D eigenvalue weighted by Gasteiger charge is -2.34. The van der Waals surface area contributed by atoms with E-state index in [1.807, 2.05) is 45.2 Å². The first-order valence-corrected chi connectivity index (χ1v) is 8.50. The fourth-order valence-corrected chi connectivity index (χ4v) is 3.02. The first-order valence-electron chi connectivity index (χ1n) is 8.50. The van der Waals surface area contributed by atoms with Crippen LogP contribution in [-0.4, -0.2) is 40.7 Å². The number of carbonyl (C=O) groups excluding carboxylic acids is 1. The van der Waals surface area contributed by atoms with Crippen LogP contribution in [0.3, 0.4) is 0 Å². The predicted octanol–water partition coefficient (Wildman–Crippen LogP) is 4.05. The van der Waals surface area contributed by atoms with Gasteiger partial charge < -0.3 is 15.0 Å². The molecule has 5 nitrogen and oxygen atoms in total. The lowest BCUT2D eigenvalue weighted by molar-refractivity contribution is 0.0206. The van der Waals surface area contributed by atoms with Crippen molar-refractivity contribution in [2.45, 2.75) is 45.3 Å². The van der Waals surface area contributed by atoms with E-state index in [9.17, 15) is 4.79 Å². The molecule has 128 valence electrons. The molecule has 0 unspecified atom stereocenters. The molecule has 0 spiro atoms. The molecule has 2 heterocycles. The fraction of sp³-hybridized carbons (Fsp3) is 0.474. The monoisotopic (exact) mass is 327 g/mol. The topological polar surface area (TPSA) is 54.5 Å². The summed E-state index contributed by atoms with van der Waals surface area (Å²) in [6, 6.07) is 10.4. The summed E-state index contributed by atoms with van der Waals surface area (Å²) in [5.41, 5.74) is -0.464. The summed E-state index contributed by atoms with van der Waals surface area (Å²) in [7, 11) is 0. The Morgan fingerprint density at radius 3 is 2.88 bits per heavy atom. The molecule has 1 aromatic heterocycles. The van der Waals surface area contributed by atoms with Crippen molar-refractivity contribution < 1.29 is 9.53 Å². The van der Waals surface area contributed by atoms with Crippen LogP contribution in [0.1, 0.15) is 33.6 Å². The van der Waals surface area contributed by atoms with Gasteiger partial charge in [-0.25, -0.2) is 9.78 Å². The Labute approximate surface area is 143 Å². The Kier molecular flexibility index (Phi) is 4.60. The van der Waals surface area contributed by atoms with Crippen LogP contribution < -0.4 is 5.32 Å². The average Bonchev–Trinajstić information content (AvgIpc) is 2.54. The van der Waals surface area contributed by atoms with E-state index in [1.165, 1.54) is 0 Å². The molecule has 1 amide bonds.